The molecule has 1 aliphatic heterocycles. The molecule has 2 rings (SSSR count). The minimum Gasteiger partial charge on any atom is -0.379 e. The number of rotatable bonds is 6. The first-order valence-corrected chi connectivity index (χ1v) is 9.53. The van der Waals surface area contributed by atoms with Crippen LogP contribution in [-0.2, 0) is 21.3 Å². The van der Waals surface area contributed by atoms with Crippen molar-refractivity contribution in [2.24, 2.45) is 5.92 Å². The van der Waals surface area contributed by atoms with Gasteiger partial charge in [0.15, 0.2) is 0 Å². The summed E-state index contributed by atoms with van der Waals surface area (Å²) in [6.45, 7) is 3.95. The van der Waals surface area contributed by atoms with Gasteiger partial charge in [0, 0.05) is 49.0 Å². The second kappa shape index (κ2) is 9.03. The van der Waals surface area contributed by atoms with Gasteiger partial charge in [-0.3, -0.25) is 4.21 Å². The van der Waals surface area contributed by atoms with Gasteiger partial charge in [-0.15, -0.1) is 0 Å². The fourth-order valence-electron chi connectivity index (χ4n) is 2.74. The standard InChI is InChI=1S/C17H26N2O3S/c1-14-8-10-19(12-16(14)22-2)17(20)18-9-11-23(21)13-15-6-4-3-5-7-15/h3-7,14,16H,8-13H2,1-2H3,(H,18,20)/t14-,16-,23-/m1/s1. The van der Waals surface area contributed by atoms with Crippen LogP contribution in [0.3, 0.4) is 0 Å². The highest BCUT2D eigenvalue weighted by atomic mass is 32.2. The minimum absolute atomic E-state index is 0.0874. The number of likely N-dealkylation sites (tertiary alicyclic amines) is 1. The highest BCUT2D eigenvalue weighted by molar-refractivity contribution is 7.84. The summed E-state index contributed by atoms with van der Waals surface area (Å²) >= 11 is 0. The third-order valence-electron chi connectivity index (χ3n) is 4.26. The summed E-state index contributed by atoms with van der Waals surface area (Å²) < 4.78 is 17.5. The number of carbonyl (C=O) groups is 1. The molecular formula is C17H26N2O3S. The molecule has 1 aliphatic rings. The average Bonchev–Trinajstić information content (AvgIpc) is 2.56. The molecule has 1 fully saturated rings. The Labute approximate surface area is 140 Å². The number of benzene rings is 1. The lowest BCUT2D eigenvalue weighted by molar-refractivity contribution is 0.00726. The van der Waals surface area contributed by atoms with Crippen molar-refractivity contribution >= 4 is 16.8 Å². The number of nitrogens with one attached hydrogen (secondary N) is 1. The number of urea groups is 1. The molecule has 0 aromatic heterocycles. The van der Waals surface area contributed by atoms with Gasteiger partial charge in [0.25, 0.3) is 0 Å². The lowest BCUT2D eigenvalue weighted by Crippen LogP contribution is -2.50. The van der Waals surface area contributed by atoms with Crippen LogP contribution in [0.4, 0.5) is 4.79 Å². The topological polar surface area (TPSA) is 58.6 Å². The number of carbonyl (C=O) groups excluding carboxylic acids is 1. The molecule has 2 amide bonds. The molecule has 0 aliphatic carbocycles. The van der Waals surface area contributed by atoms with Gasteiger partial charge in [-0.25, -0.2) is 4.79 Å². The summed E-state index contributed by atoms with van der Waals surface area (Å²) in [7, 11) is 0.725. The molecule has 23 heavy (non-hydrogen) atoms. The van der Waals surface area contributed by atoms with E-state index < -0.39 is 10.8 Å². The van der Waals surface area contributed by atoms with E-state index in [1.165, 1.54) is 0 Å². The molecule has 1 heterocycles. The maximum atomic E-state index is 12.2. The molecule has 0 saturated carbocycles. The van der Waals surface area contributed by atoms with Gasteiger partial charge in [-0.2, -0.15) is 0 Å². The number of methoxy groups -OCH3 is 1. The fourth-order valence-corrected chi connectivity index (χ4v) is 3.78. The number of piperidine rings is 1. The fraction of sp³-hybridized carbons (Fsp3) is 0.588. The van der Waals surface area contributed by atoms with E-state index in [2.05, 4.69) is 12.2 Å². The molecule has 0 bridgehead atoms. The molecule has 1 aromatic carbocycles. The van der Waals surface area contributed by atoms with Crippen molar-refractivity contribution in [1.29, 1.82) is 0 Å². The van der Waals surface area contributed by atoms with E-state index in [0.717, 1.165) is 18.5 Å². The molecule has 0 unspecified atom stereocenters. The maximum absolute atomic E-state index is 12.2. The highest BCUT2D eigenvalue weighted by Crippen LogP contribution is 2.19. The minimum atomic E-state index is -0.965. The summed E-state index contributed by atoms with van der Waals surface area (Å²) in [5, 5.41) is 2.87. The zero-order chi connectivity index (χ0) is 16.7. The summed E-state index contributed by atoms with van der Waals surface area (Å²) in [6, 6.07) is 9.68. The van der Waals surface area contributed by atoms with Crippen LogP contribution >= 0.6 is 0 Å². The number of amides is 2. The lowest BCUT2D eigenvalue weighted by Gasteiger charge is -2.36. The van der Waals surface area contributed by atoms with Gasteiger partial charge in [0.2, 0.25) is 0 Å². The van der Waals surface area contributed by atoms with Crippen molar-refractivity contribution in [3.8, 4) is 0 Å². The highest BCUT2D eigenvalue weighted by Gasteiger charge is 2.28. The largest absolute Gasteiger partial charge is 0.379 e. The van der Waals surface area contributed by atoms with Gasteiger partial charge < -0.3 is 15.0 Å². The van der Waals surface area contributed by atoms with Crippen LogP contribution in [0.15, 0.2) is 30.3 Å². The van der Waals surface area contributed by atoms with Gasteiger partial charge in [0.1, 0.15) is 0 Å². The molecule has 1 N–H and O–H groups in total. The van der Waals surface area contributed by atoms with Crippen LogP contribution in [0.5, 0.6) is 0 Å². The second-order valence-corrected chi connectivity index (χ2v) is 7.57. The lowest BCUT2D eigenvalue weighted by atomic mass is 9.96. The molecule has 1 aromatic rings. The third kappa shape index (κ3) is 5.62. The predicted octanol–water partition coefficient (Wildman–Crippen LogP) is 2.00. The zero-order valence-electron chi connectivity index (χ0n) is 13.9. The van der Waals surface area contributed by atoms with Gasteiger partial charge in [-0.05, 0) is 17.9 Å². The van der Waals surface area contributed by atoms with E-state index in [1.54, 1.807) is 12.0 Å². The molecule has 5 nitrogen and oxygen atoms in total. The molecule has 1 saturated heterocycles. The van der Waals surface area contributed by atoms with E-state index in [0.29, 0.717) is 30.5 Å². The number of hydrogen-bond acceptors (Lipinski definition) is 3. The number of hydrogen-bond donors (Lipinski definition) is 1. The van der Waals surface area contributed by atoms with Crippen molar-refractivity contribution in [3.05, 3.63) is 35.9 Å². The molecule has 3 atom stereocenters. The molecular weight excluding hydrogens is 312 g/mol. The SMILES string of the molecule is CO[C@@H]1CN(C(=O)NCC[S@@](=O)Cc2ccccc2)CC[C@H]1C. The van der Waals surface area contributed by atoms with Crippen molar-refractivity contribution < 1.29 is 13.7 Å². The summed E-state index contributed by atoms with van der Waals surface area (Å²) in [6.07, 6.45) is 1.05. The normalized spacial score (nSPS) is 22.6. The van der Waals surface area contributed by atoms with Crippen LogP contribution in [0, 0.1) is 5.92 Å². The van der Waals surface area contributed by atoms with E-state index >= 15 is 0 Å². The second-order valence-electron chi connectivity index (χ2n) is 5.99. The van der Waals surface area contributed by atoms with Gasteiger partial charge in [-0.1, -0.05) is 37.3 Å². The summed E-state index contributed by atoms with van der Waals surface area (Å²) in [5.74, 6) is 1.48. The van der Waals surface area contributed by atoms with Crippen molar-refractivity contribution in [3.63, 3.8) is 0 Å². The van der Waals surface area contributed by atoms with E-state index in [-0.39, 0.29) is 12.1 Å². The quantitative estimate of drug-likeness (QED) is 0.863. The maximum Gasteiger partial charge on any atom is 0.317 e. The van der Waals surface area contributed by atoms with Gasteiger partial charge in [0.05, 0.1) is 6.10 Å². The average molecular weight is 338 g/mol. The zero-order valence-corrected chi connectivity index (χ0v) is 14.7. The van der Waals surface area contributed by atoms with Crippen molar-refractivity contribution in [2.45, 2.75) is 25.2 Å². The Kier molecular flexibility index (Phi) is 7.05. The molecule has 0 spiro atoms. The predicted molar refractivity (Wildman–Crippen MR) is 92.7 cm³/mol. The van der Waals surface area contributed by atoms with Crippen LogP contribution in [0.2, 0.25) is 0 Å². The first-order valence-electron chi connectivity index (χ1n) is 8.04. The Hall–Kier alpha value is -1.40. The van der Waals surface area contributed by atoms with Crippen LogP contribution < -0.4 is 5.32 Å². The van der Waals surface area contributed by atoms with Crippen LogP contribution in [0.25, 0.3) is 0 Å². The molecule has 6 heteroatoms. The van der Waals surface area contributed by atoms with Gasteiger partial charge >= 0.3 is 6.03 Å². The van der Waals surface area contributed by atoms with Crippen molar-refractivity contribution in [1.82, 2.24) is 10.2 Å². The van der Waals surface area contributed by atoms with Crippen LogP contribution in [-0.4, -0.2) is 53.7 Å². The smallest absolute Gasteiger partial charge is 0.317 e. The Morgan fingerprint density at radius 3 is 2.83 bits per heavy atom. The Balaban J connectivity index is 1.69. The van der Waals surface area contributed by atoms with E-state index in [4.69, 9.17) is 4.74 Å². The number of nitrogens with zero attached hydrogens (tertiary/aromatic N) is 1. The molecule has 128 valence electrons. The monoisotopic (exact) mass is 338 g/mol. The first kappa shape index (κ1) is 17.9. The Morgan fingerprint density at radius 1 is 1.39 bits per heavy atom. The third-order valence-corrected chi connectivity index (χ3v) is 5.57. The Morgan fingerprint density at radius 2 is 2.13 bits per heavy atom. The van der Waals surface area contributed by atoms with E-state index in [9.17, 15) is 9.00 Å². The summed E-state index contributed by atoms with van der Waals surface area (Å²) in [5.41, 5.74) is 1.06. The van der Waals surface area contributed by atoms with E-state index in [1.807, 2.05) is 30.3 Å². The Bertz CT molecular complexity index is 524. The first-order chi connectivity index (χ1) is 11.1. The van der Waals surface area contributed by atoms with Crippen LogP contribution in [0.1, 0.15) is 18.9 Å². The molecule has 0 radical (unpaired) electrons. The van der Waals surface area contributed by atoms with Crippen molar-refractivity contribution in [2.75, 3.05) is 32.5 Å². The summed E-state index contributed by atoms with van der Waals surface area (Å²) in [4.78, 5) is 14.0. The number of ether oxygens (including phenoxy) is 1.